The van der Waals surface area contributed by atoms with Crippen LogP contribution in [-0.2, 0) is 9.53 Å². The summed E-state index contributed by atoms with van der Waals surface area (Å²) in [5, 5.41) is 6.55. The first kappa shape index (κ1) is 23.4. The van der Waals surface area contributed by atoms with E-state index in [1.165, 1.54) is 24.3 Å². The van der Waals surface area contributed by atoms with Gasteiger partial charge in [0.25, 0.3) is 5.91 Å². The summed E-state index contributed by atoms with van der Waals surface area (Å²) in [6.07, 6.45) is -0.253. The van der Waals surface area contributed by atoms with Crippen LogP contribution in [0.15, 0.2) is 59.8 Å². The molecule has 6 nitrogen and oxygen atoms in total. The van der Waals surface area contributed by atoms with E-state index in [2.05, 4.69) is 10.6 Å². The number of carbonyl (C=O) groups excluding carboxylic acids is 2. The van der Waals surface area contributed by atoms with Gasteiger partial charge in [-0.1, -0.05) is 12.1 Å². The summed E-state index contributed by atoms with van der Waals surface area (Å²) in [7, 11) is 0. The van der Waals surface area contributed by atoms with Crippen LogP contribution in [0.25, 0.3) is 0 Å². The first-order valence-corrected chi connectivity index (χ1v) is 10.8. The zero-order chi connectivity index (χ0) is 23.4. The molecule has 1 aliphatic rings. The normalized spacial score (nSPS) is 16.1. The highest BCUT2D eigenvalue weighted by Crippen LogP contribution is 2.32. The Morgan fingerprint density at radius 3 is 2.34 bits per heavy atom. The molecule has 32 heavy (non-hydrogen) atoms. The Balaban J connectivity index is 1.86. The molecule has 1 heterocycles. The summed E-state index contributed by atoms with van der Waals surface area (Å²) in [6.45, 7) is 8.05. The number of nitrogens with one attached hydrogen (secondary N) is 2. The lowest BCUT2D eigenvalue weighted by Crippen LogP contribution is -2.47. The van der Waals surface area contributed by atoms with Crippen LogP contribution < -0.4 is 10.6 Å². The second kappa shape index (κ2) is 9.91. The van der Waals surface area contributed by atoms with Crippen LogP contribution >= 0.6 is 12.2 Å². The molecule has 0 aromatic heterocycles. The van der Waals surface area contributed by atoms with Crippen molar-refractivity contribution >= 4 is 34.9 Å². The monoisotopic (exact) mass is 455 g/mol. The van der Waals surface area contributed by atoms with Crippen molar-refractivity contribution < 1.29 is 18.7 Å². The summed E-state index contributed by atoms with van der Waals surface area (Å²) >= 11 is 5.50. The molecular formula is C24H26FN3O3S. The van der Waals surface area contributed by atoms with Gasteiger partial charge < -0.3 is 20.3 Å². The van der Waals surface area contributed by atoms with Gasteiger partial charge in [-0.25, -0.2) is 9.18 Å². The lowest BCUT2D eigenvalue weighted by Gasteiger charge is -2.37. The number of hydrogen-bond donors (Lipinski definition) is 2. The van der Waals surface area contributed by atoms with Crippen molar-refractivity contribution in [3.63, 3.8) is 0 Å². The van der Waals surface area contributed by atoms with Crippen molar-refractivity contribution in [2.75, 3.05) is 11.9 Å². The minimum absolute atomic E-state index is 0.253. The topological polar surface area (TPSA) is 70.7 Å². The zero-order valence-electron chi connectivity index (χ0n) is 18.4. The summed E-state index contributed by atoms with van der Waals surface area (Å²) in [5.74, 6) is -1.14. The Bertz CT molecular complexity index is 1050. The average Bonchev–Trinajstić information content (AvgIpc) is 2.74. The lowest BCUT2D eigenvalue weighted by molar-refractivity contribution is -0.143. The summed E-state index contributed by atoms with van der Waals surface area (Å²) in [5.41, 5.74) is 2.98. The Labute approximate surface area is 192 Å². The Morgan fingerprint density at radius 1 is 1.16 bits per heavy atom. The van der Waals surface area contributed by atoms with Gasteiger partial charge in [-0.15, -0.1) is 0 Å². The van der Waals surface area contributed by atoms with E-state index in [9.17, 15) is 14.0 Å². The van der Waals surface area contributed by atoms with Crippen LogP contribution in [0.5, 0.6) is 0 Å². The number of anilines is 1. The van der Waals surface area contributed by atoms with Crippen molar-refractivity contribution in [2.45, 2.75) is 39.8 Å². The number of ether oxygens (including phenoxy) is 1. The van der Waals surface area contributed by atoms with Crippen LogP contribution in [0.4, 0.5) is 10.1 Å². The molecule has 0 saturated heterocycles. The number of thiocarbonyl (C=S) groups is 1. The first-order chi connectivity index (χ1) is 15.2. The molecule has 0 bridgehead atoms. The van der Waals surface area contributed by atoms with Crippen molar-refractivity contribution in [1.29, 1.82) is 0 Å². The van der Waals surface area contributed by atoms with E-state index in [0.717, 1.165) is 11.3 Å². The number of benzene rings is 2. The molecule has 2 N–H and O–H groups in total. The Hall–Kier alpha value is -3.26. The van der Waals surface area contributed by atoms with Gasteiger partial charge in [0.05, 0.1) is 17.7 Å². The standard InChI is InChI=1S/C24H26FN3O3S/c1-5-28-15(4)20(23(30)31-14(2)3)21(27-24(28)32)16-8-12-19(13-9-16)26-22(29)17-6-10-18(25)11-7-17/h6-14,21H,5H2,1-4H3,(H,26,29)(H,27,32)/t21-/m0/s1. The summed E-state index contributed by atoms with van der Waals surface area (Å²) in [6, 6.07) is 12.0. The lowest BCUT2D eigenvalue weighted by atomic mass is 9.94. The molecule has 0 spiro atoms. The van der Waals surface area contributed by atoms with Crippen LogP contribution in [-0.4, -0.2) is 34.5 Å². The van der Waals surface area contributed by atoms with Gasteiger partial charge in [-0.3, -0.25) is 4.79 Å². The molecule has 2 aromatic carbocycles. The average molecular weight is 456 g/mol. The van der Waals surface area contributed by atoms with Crippen LogP contribution in [0, 0.1) is 5.82 Å². The van der Waals surface area contributed by atoms with Crippen molar-refractivity contribution in [3.8, 4) is 0 Å². The van der Waals surface area contributed by atoms with E-state index in [1.54, 1.807) is 26.0 Å². The molecule has 0 saturated carbocycles. The van der Waals surface area contributed by atoms with E-state index in [1.807, 2.05) is 30.9 Å². The molecule has 168 valence electrons. The second-order valence-electron chi connectivity index (χ2n) is 7.66. The van der Waals surface area contributed by atoms with Gasteiger partial charge in [0, 0.05) is 23.5 Å². The maximum atomic E-state index is 13.1. The predicted octanol–water partition coefficient (Wildman–Crippen LogP) is 4.55. The highest BCUT2D eigenvalue weighted by Gasteiger charge is 2.34. The van der Waals surface area contributed by atoms with E-state index in [0.29, 0.717) is 28.5 Å². The number of hydrogen-bond acceptors (Lipinski definition) is 4. The number of rotatable bonds is 6. The maximum absolute atomic E-state index is 13.1. The van der Waals surface area contributed by atoms with Crippen molar-refractivity contribution in [1.82, 2.24) is 10.2 Å². The van der Waals surface area contributed by atoms with Crippen LogP contribution in [0.2, 0.25) is 0 Å². The summed E-state index contributed by atoms with van der Waals surface area (Å²) in [4.78, 5) is 27.1. The predicted molar refractivity (Wildman–Crippen MR) is 126 cm³/mol. The highest BCUT2D eigenvalue weighted by molar-refractivity contribution is 7.80. The third-order valence-corrected chi connectivity index (χ3v) is 5.42. The number of carbonyl (C=O) groups is 2. The van der Waals surface area contributed by atoms with Crippen LogP contribution in [0.1, 0.15) is 49.7 Å². The zero-order valence-corrected chi connectivity index (χ0v) is 19.3. The number of amides is 1. The number of nitrogens with zero attached hydrogens (tertiary/aromatic N) is 1. The fourth-order valence-corrected chi connectivity index (χ4v) is 3.90. The molecule has 2 aromatic rings. The fourth-order valence-electron chi connectivity index (χ4n) is 3.52. The molecule has 0 unspecified atom stereocenters. The molecule has 0 fully saturated rings. The quantitative estimate of drug-likeness (QED) is 0.492. The van der Waals surface area contributed by atoms with Crippen LogP contribution in [0.3, 0.4) is 0 Å². The van der Waals surface area contributed by atoms with E-state index >= 15 is 0 Å². The van der Waals surface area contributed by atoms with Gasteiger partial charge in [0.2, 0.25) is 0 Å². The number of halogens is 1. The molecule has 1 aliphatic heterocycles. The molecule has 0 aliphatic carbocycles. The molecule has 3 rings (SSSR count). The Kier molecular flexibility index (Phi) is 7.25. The highest BCUT2D eigenvalue weighted by atomic mass is 32.1. The minimum Gasteiger partial charge on any atom is -0.459 e. The summed E-state index contributed by atoms with van der Waals surface area (Å²) < 4.78 is 18.6. The molecule has 1 atom stereocenters. The molecule has 0 radical (unpaired) electrons. The second-order valence-corrected chi connectivity index (χ2v) is 8.05. The molecular weight excluding hydrogens is 429 g/mol. The largest absolute Gasteiger partial charge is 0.459 e. The fraction of sp³-hybridized carbons (Fsp3) is 0.292. The van der Waals surface area contributed by atoms with E-state index < -0.39 is 17.8 Å². The number of allylic oxidation sites excluding steroid dienone is 1. The van der Waals surface area contributed by atoms with Gasteiger partial charge in [0.15, 0.2) is 5.11 Å². The van der Waals surface area contributed by atoms with Gasteiger partial charge >= 0.3 is 5.97 Å². The number of esters is 1. The maximum Gasteiger partial charge on any atom is 0.338 e. The van der Waals surface area contributed by atoms with E-state index in [-0.39, 0.29) is 12.0 Å². The van der Waals surface area contributed by atoms with Gasteiger partial charge in [-0.2, -0.15) is 0 Å². The van der Waals surface area contributed by atoms with Crippen molar-refractivity contribution in [2.24, 2.45) is 0 Å². The third-order valence-electron chi connectivity index (χ3n) is 5.08. The Morgan fingerprint density at radius 2 is 1.78 bits per heavy atom. The van der Waals surface area contributed by atoms with E-state index in [4.69, 9.17) is 17.0 Å². The van der Waals surface area contributed by atoms with Gasteiger partial charge in [-0.05, 0) is 81.9 Å². The molecule has 8 heteroatoms. The van der Waals surface area contributed by atoms with Gasteiger partial charge in [0.1, 0.15) is 5.82 Å². The third kappa shape index (κ3) is 5.13. The smallest absolute Gasteiger partial charge is 0.338 e. The minimum atomic E-state index is -0.474. The van der Waals surface area contributed by atoms with Crippen molar-refractivity contribution in [3.05, 3.63) is 76.7 Å². The first-order valence-electron chi connectivity index (χ1n) is 10.4. The SMILES string of the molecule is CCN1C(=S)N[C@@H](c2ccc(NC(=O)c3ccc(F)cc3)cc2)C(C(=O)OC(C)C)=C1C. The molecule has 1 amide bonds.